The minimum atomic E-state index is -0.719. The second-order valence-electron chi connectivity index (χ2n) is 6.88. The fourth-order valence-electron chi connectivity index (χ4n) is 2.34. The first-order valence-corrected chi connectivity index (χ1v) is 8.89. The molecular weight excluding hydrogens is 296 g/mol. The number of aliphatic carboxylic acids is 2. The third-order valence-corrected chi connectivity index (χ3v) is 4.10. The molecular formula is C18H34O5. The number of carboxylic acid groups (broad SMARTS) is 2. The molecule has 5 nitrogen and oxygen atoms in total. The first-order chi connectivity index (χ1) is 10.9. The quantitative estimate of drug-likeness (QED) is 0.407. The molecule has 0 amide bonds. The summed E-state index contributed by atoms with van der Waals surface area (Å²) in [5.41, 5.74) is -0.610. The third kappa shape index (κ3) is 14.2. The molecule has 23 heavy (non-hydrogen) atoms. The standard InChI is InChI=1S/C18H34O5/c1-18(2,17(21)22)13-9-5-7-11-15-23-14-10-6-3-4-8-12-16(19)20/h3-15H2,1-2H3,(H,19,20)(H,21,22). The molecule has 0 spiro atoms. The number of unbranched alkanes of at least 4 members (excludes halogenated alkanes) is 7. The van der Waals surface area contributed by atoms with Crippen molar-refractivity contribution in [3.8, 4) is 0 Å². The molecule has 0 aromatic carbocycles. The molecule has 0 unspecified atom stereocenters. The molecule has 0 aromatic rings. The van der Waals surface area contributed by atoms with E-state index in [1.807, 2.05) is 0 Å². The minimum Gasteiger partial charge on any atom is -0.481 e. The van der Waals surface area contributed by atoms with E-state index in [0.29, 0.717) is 0 Å². The van der Waals surface area contributed by atoms with Crippen molar-refractivity contribution in [3.63, 3.8) is 0 Å². The Kier molecular flexibility index (Phi) is 12.7. The van der Waals surface area contributed by atoms with Crippen LogP contribution in [0.3, 0.4) is 0 Å². The van der Waals surface area contributed by atoms with E-state index in [9.17, 15) is 9.59 Å². The predicted molar refractivity (Wildman–Crippen MR) is 90.7 cm³/mol. The predicted octanol–water partition coefficient (Wildman–Crippen LogP) is 4.49. The van der Waals surface area contributed by atoms with E-state index in [4.69, 9.17) is 14.9 Å². The van der Waals surface area contributed by atoms with Crippen molar-refractivity contribution in [2.24, 2.45) is 5.41 Å². The van der Waals surface area contributed by atoms with Crippen LogP contribution in [0, 0.1) is 5.41 Å². The third-order valence-electron chi connectivity index (χ3n) is 4.10. The lowest BCUT2D eigenvalue weighted by Crippen LogP contribution is -2.23. The van der Waals surface area contributed by atoms with Crippen molar-refractivity contribution in [1.82, 2.24) is 0 Å². The Morgan fingerprint density at radius 3 is 1.78 bits per heavy atom. The summed E-state index contributed by atoms with van der Waals surface area (Å²) in [6, 6.07) is 0. The van der Waals surface area contributed by atoms with Crippen LogP contribution in [0.2, 0.25) is 0 Å². The summed E-state index contributed by atoms with van der Waals surface area (Å²) >= 11 is 0. The molecule has 0 saturated heterocycles. The van der Waals surface area contributed by atoms with Gasteiger partial charge in [0.1, 0.15) is 0 Å². The molecule has 0 heterocycles. The van der Waals surface area contributed by atoms with Gasteiger partial charge in [-0.1, -0.05) is 38.5 Å². The van der Waals surface area contributed by atoms with Crippen LogP contribution < -0.4 is 0 Å². The van der Waals surface area contributed by atoms with Crippen LogP contribution in [0.5, 0.6) is 0 Å². The van der Waals surface area contributed by atoms with E-state index < -0.39 is 17.4 Å². The molecule has 2 N–H and O–H groups in total. The summed E-state index contributed by atoms with van der Waals surface area (Å²) < 4.78 is 5.58. The fraction of sp³-hybridized carbons (Fsp3) is 0.889. The van der Waals surface area contributed by atoms with E-state index >= 15 is 0 Å². The van der Waals surface area contributed by atoms with Crippen LogP contribution in [0.15, 0.2) is 0 Å². The van der Waals surface area contributed by atoms with Gasteiger partial charge in [-0.25, -0.2) is 0 Å². The average Bonchev–Trinajstić information content (AvgIpc) is 2.47. The molecule has 5 heteroatoms. The van der Waals surface area contributed by atoms with Crippen molar-refractivity contribution >= 4 is 11.9 Å². The molecule has 0 aliphatic heterocycles. The Morgan fingerprint density at radius 2 is 1.26 bits per heavy atom. The minimum absolute atomic E-state index is 0.278. The normalized spacial score (nSPS) is 11.6. The molecule has 0 aliphatic rings. The van der Waals surface area contributed by atoms with Crippen molar-refractivity contribution in [2.75, 3.05) is 13.2 Å². The summed E-state index contributed by atoms with van der Waals surface area (Å²) in [6.45, 7) is 5.12. The Bertz CT molecular complexity index is 325. The molecule has 0 fully saturated rings. The smallest absolute Gasteiger partial charge is 0.309 e. The first kappa shape index (κ1) is 21.9. The number of rotatable bonds is 16. The molecule has 0 aliphatic carbocycles. The van der Waals surface area contributed by atoms with E-state index in [0.717, 1.165) is 77.4 Å². The summed E-state index contributed by atoms with van der Waals surface area (Å²) in [5.74, 6) is -1.43. The summed E-state index contributed by atoms with van der Waals surface area (Å²) in [5, 5.41) is 17.5. The lowest BCUT2D eigenvalue weighted by molar-refractivity contribution is -0.147. The largest absolute Gasteiger partial charge is 0.481 e. The van der Waals surface area contributed by atoms with Gasteiger partial charge in [-0.05, 0) is 39.5 Å². The zero-order chi connectivity index (χ0) is 17.6. The van der Waals surface area contributed by atoms with Crippen LogP contribution in [-0.4, -0.2) is 35.4 Å². The topological polar surface area (TPSA) is 83.8 Å². The number of carboxylic acids is 2. The molecule has 0 aromatic heterocycles. The SMILES string of the molecule is CC(C)(CCCCCCOCCCCCCCC(=O)O)C(=O)O. The molecule has 0 saturated carbocycles. The Labute approximate surface area is 140 Å². The van der Waals surface area contributed by atoms with Crippen LogP contribution in [-0.2, 0) is 14.3 Å². The van der Waals surface area contributed by atoms with E-state index in [1.165, 1.54) is 0 Å². The zero-order valence-electron chi connectivity index (χ0n) is 14.8. The van der Waals surface area contributed by atoms with Gasteiger partial charge in [0.2, 0.25) is 0 Å². The average molecular weight is 330 g/mol. The molecule has 0 radical (unpaired) electrons. The maximum Gasteiger partial charge on any atom is 0.309 e. The molecule has 0 rings (SSSR count). The highest BCUT2D eigenvalue weighted by Gasteiger charge is 2.25. The summed E-state index contributed by atoms with van der Waals surface area (Å²) in [6.07, 6.45) is 10.1. The van der Waals surface area contributed by atoms with E-state index in [1.54, 1.807) is 13.8 Å². The van der Waals surface area contributed by atoms with Crippen LogP contribution in [0.25, 0.3) is 0 Å². The van der Waals surface area contributed by atoms with Gasteiger partial charge >= 0.3 is 11.9 Å². The number of ether oxygens (including phenoxy) is 1. The van der Waals surface area contributed by atoms with Crippen LogP contribution in [0.1, 0.15) is 84.5 Å². The monoisotopic (exact) mass is 330 g/mol. The molecule has 136 valence electrons. The highest BCUT2D eigenvalue weighted by Crippen LogP contribution is 2.23. The van der Waals surface area contributed by atoms with Crippen LogP contribution >= 0.6 is 0 Å². The number of hydrogen-bond donors (Lipinski definition) is 2. The molecule has 0 bridgehead atoms. The van der Waals surface area contributed by atoms with Gasteiger partial charge in [0.25, 0.3) is 0 Å². The van der Waals surface area contributed by atoms with E-state index in [2.05, 4.69) is 0 Å². The Balaban J connectivity index is 3.19. The van der Waals surface area contributed by atoms with Gasteiger partial charge in [-0.3, -0.25) is 9.59 Å². The summed E-state index contributed by atoms with van der Waals surface area (Å²) in [4.78, 5) is 21.3. The van der Waals surface area contributed by atoms with Crippen molar-refractivity contribution < 1.29 is 24.5 Å². The zero-order valence-corrected chi connectivity index (χ0v) is 14.8. The Morgan fingerprint density at radius 1 is 0.783 bits per heavy atom. The van der Waals surface area contributed by atoms with Gasteiger partial charge in [0, 0.05) is 19.6 Å². The fourth-order valence-corrected chi connectivity index (χ4v) is 2.34. The van der Waals surface area contributed by atoms with Crippen LogP contribution in [0.4, 0.5) is 0 Å². The number of carbonyl (C=O) groups is 2. The Hall–Kier alpha value is -1.10. The maximum absolute atomic E-state index is 11.0. The highest BCUT2D eigenvalue weighted by atomic mass is 16.5. The summed E-state index contributed by atoms with van der Waals surface area (Å²) in [7, 11) is 0. The second-order valence-corrected chi connectivity index (χ2v) is 6.88. The van der Waals surface area contributed by atoms with E-state index in [-0.39, 0.29) is 6.42 Å². The lowest BCUT2D eigenvalue weighted by atomic mass is 9.87. The lowest BCUT2D eigenvalue weighted by Gasteiger charge is -2.18. The van der Waals surface area contributed by atoms with Gasteiger partial charge in [-0.2, -0.15) is 0 Å². The van der Waals surface area contributed by atoms with Gasteiger partial charge in [-0.15, -0.1) is 0 Å². The van der Waals surface area contributed by atoms with Gasteiger partial charge in [0.15, 0.2) is 0 Å². The van der Waals surface area contributed by atoms with Gasteiger partial charge < -0.3 is 14.9 Å². The van der Waals surface area contributed by atoms with Crippen molar-refractivity contribution in [3.05, 3.63) is 0 Å². The first-order valence-electron chi connectivity index (χ1n) is 8.89. The van der Waals surface area contributed by atoms with Crippen molar-refractivity contribution in [1.29, 1.82) is 0 Å². The number of hydrogen-bond acceptors (Lipinski definition) is 3. The van der Waals surface area contributed by atoms with Gasteiger partial charge in [0.05, 0.1) is 5.41 Å². The van der Waals surface area contributed by atoms with Crippen molar-refractivity contribution in [2.45, 2.75) is 84.5 Å². The highest BCUT2D eigenvalue weighted by molar-refractivity contribution is 5.73. The molecule has 0 atom stereocenters. The maximum atomic E-state index is 11.0. The second kappa shape index (κ2) is 13.3.